The Morgan fingerprint density at radius 2 is 0.824 bits per heavy atom. The molecule has 0 radical (unpaired) electrons. The third-order valence-electron chi connectivity index (χ3n) is 23.5. The van der Waals surface area contributed by atoms with Crippen molar-refractivity contribution in [3.63, 3.8) is 0 Å². The highest BCUT2D eigenvalue weighted by atomic mass is 15.0. The minimum atomic E-state index is -0.199. The molecule has 3 heteroatoms. The van der Waals surface area contributed by atoms with Crippen LogP contribution < -0.4 is 0 Å². The molecule has 0 saturated heterocycles. The van der Waals surface area contributed by atoms with E-state index >= 15 is 0 Å². The van der Waals surface area contributed by atoms with Crippen molar-refractivity contribution in [2.24, 2.45) is 21.7 Å². The van der Waals surface area contributed by atoms with Crippen LogP contribution in [-0.2, 0) is 27.1 Å². The summed E-state index contributed by atoms with van der Waals surface area (Å²) in [5.74, 6) is 0. The van der Waals surface area contributed by atoms with Crippen molar-refractivity contribution in [3.8, 4) is 33.4 Å². The average molecular weight is 976 g/mol. The maximum Gasteiger partial charge on any atom is 0.0732 e. The highest BCUT2D eigenvalue weighted by Crippen LogP contribution is 2.75. The predicted molar refractivity (Wildman–Crippen MR) is 310 cm³/mol. The molecule has 74 heavy (non-hydrogen) atoms. The van der Waals surface area contributed by atoms with Crippen LogP contribution in [-0.4, -0.2) is 14.4 Å². The van der Waals surface area contributed by atoms with E-state index in [9.17, 15) is 0 Å². The summed E-state index contributed by atoms with van der Waals surface area (Å²) in [7, 11) is 0. The second-order valence-electron chi connectivity index (χ2n) is 29.7. The van der Waals surface area contributed by atoms with Crippen molar-refractivity contribution in [1.82, 2.24) is 14.4 Å². The van der Waals surface area contributed by atoms with Crippen LogP contribution in [0.15, 0.2) is 79.1 Å². The number of hydrogen-bond acceptors (Lipinski definition) is 2. The van der Waals surface area contributed by atoms with Gasteiger partial charge >= 0.3 is 0 Å². The van der Waals surface area contributed by atoms with Crippen LogP contribution >= 0.6 is 0 Å². The summed E-state index contributed by atoms with van der Waals surface area (Å²) >= 11 is 0. The van der Waals surface area contributed by atoms with Crippen LogP contribution in [0.4, 0.5) is 0 Å². The zero-order chi connectivity index (χ0) is 51.1. The number of nitrogens with zero attached hydrogens (tertiary/aromatic N) is 3. The lowest BCUT2D eigenvalue weighted by atomic mass is 9.47. The highest BCUT2D eigenvalue weighted by Gasteiger charge is 2.68. The Morgan fingerprint density at radius 3 is 1.27 bits per heavy atom. The van der Waals surface area contributed by atoms with Gasteiger partial charge in [-0.1, -0.05) is 195 Å². The number of hydrogen-bond donors (Lipinski definition) is 0. The largest absolute Gasteiger partial charge is 0.305 e. The summed E-state index contributed by atoms with van der Waals surface area (Å²) in [6, 6.07) is 27.8. The summed E-state index contributed by atoms with van der Waals surface area (Å²) in [4.78, 5) is 12.3. The monoisotopic (exact) mass is 976 g/mol. The van der Waals surface area contributed by atoms with Crippen LogP contribution in [0.2, 0.25) is 0 Å². The Kier molecular flexibility index (Phi) is 8.95. The van der Waals surface area contributed by atoms with Gasteiger partial charge in [-0.25, -0.2) is 0 Å². The van der Waals surface area contributed by atoms with E-state index in [1.165, 1.54) is 208 Å². The normalized spacial score (nSPS) is 23.0. The van der Waals surface area contributed by atoms with E-state index in [1.54, 1.807) is 11.1 Å². The van der Waals surface area contributed by atoms with Crippen molar-refractivity contribution < 1.29 is 0 Å². The van der Waals surface area contributed by atoms with E-state index in [2.05, 4.69) is 167 Å². The van der Waals surface area contributed by atoms with Crippen LogP contribution in [0.25, 0.3) is 71.5 Å². The number of benzene rings is 4. The van der Waals surface area contributed by atoms with E-state index in [4.69, 9.17) is 9.97 Å². The molecule has 7 aliphatic carbocycles. The van der Waals surface area contributed by atoms with Crippen LogP contribution in [0.5, 0.6) is 0 Å². The third kappa shape index (κ3) is 5.15. The molecule has 380 valence electrons. The maximum atomic E-state index is 6.14. The van der Waals surface area contributed by atoms with Gasteiger partial charge in [0.05, 0.1) is 40.3 Å². The molecule has 4 saturated carbocycles. The maximum absolute atomic E-state index is 6.14. The zero-order valence-corrected chi connectivity index (χ0v) is 47.2. The molecule has 0 N–H and O–H groups in total. The van der Waals surface area contributed by atoms with Gasteiger partial charge in [0, 0.05) is 48.9 Å². The fourth-order valence-corrected chi connectivity index (χ4v) is 20.2. The van der Waals surface area contributed by atoms with Gasteiger partial charge in [0.25, 0.3) is 0 Å². The molecule has 0 bridgehead atoms. The van der Waals surface area contributed by atoms with Crippen molar-refractivity contribution in [2.75, 3.05) is 0 Å². The van der Waals surface area contributed by atoms with E-state index in [0.717, 1.165) is 0 Å². The molecule has 0 atom stereocenters. The van der Waals surface area contributed by atoms with E-state index in [0.29, 0.717) is 0 Å². The Labute approximate surface area is 442 Å². The molecule has 0 unspecified atom stereocenters. The first-order valence-corrected chi connectivity index (χ1v) is 29.7. The smallest absolute Gasteiger partial charge is 0.0732 e. The van der Waals surface area contributed by atoms with Gasteiger partial charge in [0.15, 0.2) is 0 Å². The summed E-state index contributed by atoms with van der Waals surface area (Å²) < 4.78 is 2.71. The molecular formula is C71H81N3. The summed E-state index contributed by atoms with van der Waals surface area (Å²) in [5, 5.41) is 5.70. The van der Waals surface area contributed by atoms with E-state index < -0.39 is 0 Å². The lowest BCUT2D eigenvalue weighted by Gasteiger charge is -2.55. The van der Waals surface area contributed by atoms with Crippen molar-refractivity contribution in [2.45, 2.75) is 213 Å². The molecule has 4 fully saturated rings. The van der Waals surface area contributed by atoms with Crippen molar-refractivity contribution in [3.05, 3.63) is 124 Å². The molecule has 4 aromatic carbocycles. The molecule has 3 nitrogen and oxygen atoms in total. The molecule has 15 rings (SSSR count). The van der Waals surface area contributed by atoms with Crippen LogP contribution in [0.1, 0.15) is 231 Å². The van der Waals surface area contributed by atoms with E-state index in [-0.39, 0.29) is 48.7 Å². The average Bonchev–Trinajstić information content (AvgIpc) is 4.34. The van der Waals surface area contributed by atoms with Gasteiger partial charge in [0.2, 0.25) is 0 Å². The Morgan fingerprint density at radius 1 is 0.419 bits per heavy atom. The first-order chi connectivity index (χ1) is 35.2. The minimum absolute atomic E-state index is 0.0270. The molecule has 4 heterocycles. The molecule has 4 aromatic heterocycles. The highest BCUT2D eigenvalue weighted by molar-refractivity contribution is 6.33. The Bertz CT molecular complexity index is 3690. The van der Waals surface area contributed by atoms with E-state index in [1.807, 2.05) is 0 Å². The number of fused-ring (bicyclic) bond motifs is 18. The van der Waals surface area contributed by atoms with Crippen molar-refractivity contribution >= 4 is 38.1 Å². The standard InChI is InChI=1S/C71H81N3/c1-63(2,3)42-25-27-45-49(37-42)70(66(9)29-15-16-30-66,67(10)31-17-18-32-67)61-56(45)55-47-39-51-54(44-23-13-14-24-48(44)65(51,7)8)59-58-53(74(60(47)59)52(55)40-72-61)41-73-62-57(58)46-28-26-43(64(4,5)6)38-50(46)71(62,68(11)33-19-20-34-68)69(12)35-21-22-36-69/h13-14,23-28,37-41H,15-22,29-36H2,1-12H3. The van der Waals surface area contributed by atoms with Gasteiger partial charge in [-0.05, 0) is 146 Å². The Balaban J connectivity index is 1.15. The first-order valence-electron chi connectivity index (χ1n) is 29.7. The van der Waals surface area contributed by atoms with Gasteiger partial charge in [0.1, 0.15) is 0 Å². The third-order valence-corrected chi connectivity index (χ3v) is 23.5. The van der Waals surface area contributed by atoms with Crippen molar-refractivity contribution in [1.29, 1.82) is 0 Å². The second-order valence-corrected chi connectivity index (χ2v) is 29.7. The Hall–Kier alpha value is -5.02. The fourth-order valence-electron chi connectivity index (χ4n) is 20.2. The quantitative estimate of drug-likeness (QED) is 0.176. The molecule has 0 spiro atoms. The van der Waals surface area contributed by atoms with Crippen LogP contribution in [0.3, 0.4) is 0 Å². The number of pyridine rings is 2. The summed E-state index contributed by atoms with van der Waals surface area (Å²) in [6.45, 7) is 30.4. The predicted octanol–water partition coefficient (Wildman–Crippen LogP) is 19.4. The molecule has 7 aliphatic rings. The van der Waals surface area contributed by atoms with Gasteiger partial charge in [-0.2, -0.15) is 0 Å². The summed E-state index contributed by atoms with van der Waals surface area (Å²) in [6.07, 6.45) is 25.3. The lowest BCUT2D eigenvalue weighted by Crippen LogP contribution is -2.53. The van der Waals surface area contributed by atoms with Crippen LogP contribution in [0, 0.1) is 21.7 Å². The number of rotatable bonds is 4. The minimum Gasteiger partial charge on any atom is -0.305 e. The zero-order valence-electron chi connectivity index (χ0n) is 47.2. The molecule has 0 aliphatic heterocycles. The second kappa shape index (κ2) is 14.3. The van der Waals surface area contributed by atoms with Gasteiger partial charge < -0.3 is 4.40 Å². The number of aromatic nitrogens is 3. The summed E-state index contributed by atoms with van der Waals surface area (Å²) in [5.41, 5.74) is 24.2. The van der Waals surface area contributed by atoms with Gasteiger partial charge in [-0.3, -0.25) is 9.97 Å². The fraction of sp³-hybridized carbons (Fsp3) is 0.521. The SMILES string of the molecule is CC(C)(C)c1ccc2c(c1)C(C1(C)CCCC1)(C1(C)CCCC1)c1ncc3c(c1-2)c1cc2c(c4c5c6c(ncc5n3c14)C(C1(C)CCCC1)(C1(C)CCCC1)c1cc(C(C)(C)C)ccc1-6)-c1ccccc1C2(C)C. The first kappa shape index (κ1) is 46.3. The topological polar surface area (TPSA) is 30.2 Å². The lowest BCUT2D eigenvalue weighted by molar-refractivity contribution is 0.0426. The molecule has 0 amide bonds. The van der Waals surface area contributed by atoms with Gasteiger partial charge in [-0.15, -0.1) is 0 Å². The molecule has 8 aromatic rings. The molecular weight excluding hydrogens is 895 g/mol.